The van der Waals surface area contributed by atoms with Crippen molar-refractivity contribution >= 4 is 46.1 Å². The summed E-state index contributed by atoms with van der Waals surface area (Å²) in [5, 5.41) is 0.804. The van der Waals surface area contributed by atoms with Gasteiger partial charge in [0.05, 0.1) is 5.02 Å². The fourth-order valence-corrected chi connectivity index (χ4v) is 4.60. The van der Waals surface area contributed by atoms with E-state index in [0.717, 1.165) is 5.82 Å². The van der Waals surface area contributed by atoms with Gasteiger partial charge in [-0.25, -0.2) is 4.98 Å². The number of aromatic nitrogens is 1. The number of hydrogen-bond acceptors (Lipinski definition) is 4. The Morgan fingerprint density at radius 3 is 2.56 bits per heavy atom. The van der Waals surface area contributed by atoms with Crippen molar-refractivity contribution in [2.75, 3.05) is 24.2 Å². The summed E-state index contributed by atoms with van der Waals surface area (Å²) in [6.45, 7) is 5.33. The van der Waals surface area contributed by atoms with Gasteiger partial charge in [-0.1, -0.05) is 29.3 Å². The van der Waals surface area contributed by atoms with E-state index in [1.807, 2.05) is 24.0 Å². The molecule has 1 amide bonds. The summed E-state index contributed by atoms with van der Waals surface area (Å²) in [7, 11) is 0. The van der Waals surface area contributed by atoms with Gasteiger partial charge in [0, 0.05) is 30.7 Å². The van der Waals surface area contributed by atoms with Crippen molar-refractivity contribution in [2.24, 2.45) is 0 Å². The molecule has 0 bridgehead atoms. The van der Waals surface area contributed by atoms with E-state index in [2.05, 4.69) is 16.8 Å². The summed E-state index contributed by atoms with van der Waals surface area (Å²) in [6.07, 6.45) is 1.57. The molecule has 1 aliphatic rings. The van der Waals surface area contributed by atoms with Crippen LogP contribution in [-0.4, -0.2) is 51.8 Å². The lowest BCUT2D eigenvalue weighted by atomic mass is 10.0. The Balaban J connectivity index is 1.79. The molecule has 0 saturated carbocycles. The minimum Gasteiger partial charge on any atom is -0.612 e. The van der Waals surface area contributed by atoms with Crippen LogP contribution in [0, 0.1) is 0 Å². The van der Waals surface area contributed by atoms with Crippen LogP contribution < -0.4 is 4.90 Å². The minimum atomic E-state index is -1.19. The van der Waals surface area contributed by atoms with Crippen LogP contribution in [-0.2, 0) is 11.2 Å². The first-order chi connectivity index (χ1) is 12.8. The zero-order valence-electron chi connectivity index (χ0n) is 15.4. The molecule has 2 heterocycles. The topological polar surface area (TPSA) is 59.5 Å². The average molecular weight is 426 g/mol. The van der Waals surface area contributed by atoms with Crippen molar-refractivity contribution in [1.29, 1.82) is 0 Å². The largest absolute Gasteiger partial charge is 0.612 e. The normalized spacial score (nSPS) is 21.3. The number of carbonyl (C=O) groups is 1. The molecule has 0 N–H and O–H groups in total. The Kier molecular flexibility index (Phi) is 6.21. The van der Waals surface area contributed by atoms with Crippen molar-refractivity contribution in [2.45, 2.75) is 30.8 Å². The summed E-state index contributed by atoms with van der Waals surface area (Å²) in [6, 6.07) is 10.5. The third kappa shape index (κ3) is 4.19. The Morgan fingerprint density at radius 1 is 1.19 bits per heavy atom. The van der Waals surface area contributed by atoms with E-state index >= 15 is 0 Å². The summed E-state index contributed by atoms with van der Waals surface area (Å²) in [5.41, 5.74) is 0.502. The summed E-state index contributed by atoms with van der Waals surface area (Å²) in [5.74, 6) is 0.732. The molecular weight excluding hydrogens is 405 g/mol. The first-order valence-corrected chi connectivity index (χ1v) is 10.9. The smallest absolute Gasteiger partial charge is 0.254 e. The highest BCUT2D eigenvalue weighted by Gasteiger charge is 2.34. The monoisotopic (exact) mass is 425 g/mol. The van der Waals surface area contributed by atoms with Gasteiger partial charge in [-0.15, -0.1) is 0 Å². The van der Waals surface area contributed by atoms with Crippen molar-refractivity contribution in [3.8, 4) is 0 Å². The molecule has 27 heavy (non-hydrogen) atoms. The van der Waals surface area contributed by atoms with Crippen LogP contribution in [0.15, 0.2) is 41.3 Å². The van der Waals surface area contributed by atoms with Gasteiger partial charge < -0.3 is 14.4 Å². The first kappa shape index (κ1) is 20.3. The van der Waals surface area contributed by atoms with Crippen LogP contribution in [0.4, 0.5) is 5.82 Å². The highest BCUT2D eigenvalue weighted by atomic mass is 35.5. The number of amides is 1. The van der Waals surface area contributed by atoms with Crippen LogP contribution in [0.1, 0.15) is 24.2 Å². The van der Waals surface area contributed by atoms with Crippen molar-refractivity contribution in [1.82, 2.24) is 9.88 Å². The standard InChI is InChI=1S/C19H21Cl2N3O2S/c1-12-13(2)24(10-9-23(12)18-6-4-5-17(21)22-18)19(25)14-7-8-16(27(3)26)15(20)11-14/h4-8,11-13H,9-10H2,1-3H3. The zero-order chi connectivity index (χ0) is 19.7. The third-order valence-corrected chi connectivity index (χ3v) is 6.62. The van der Waals surface area contributed by atoms with E-state index in [4.69, 9.17) is 23.2 Å². The molecule has 3 unspecified atom stereocenters. The Morgan fingerprint density at radius 2 is 1.93 bits per heavy atom. The molecule has 0 spiro atoms. The molecule has 1 fully saturated rings. The van der Waals surface area contributed by atoms with Gasteiger partial charge in [0.25, 0.3) is 5.91 Å². The molecule has 1 aromatic carbocycles. The SMILES string of the molecule is CC1C(C)N(c2cccc(Cl)n2)CCN1C(=O)c1ccc([S+](C)[O-])c(Cl)c1. The van der Waals surface area contributed by atoms with Gasteiger partial charge in [0.1, 0.15) is 17.2 Å². The molecule has 0 aliphatic carbocycles. The van der Waals surface area contributed by atoms with Crippen LogP contribution in [0.5, 0.6) is 0 Å². The van der Waals surface area contributed by atoms with Crippen LogP contribution in [0.2, 0.25) is 10.2 Å². The molecule has 3 atom stereocenters. The highest BCUT2D eigenvalue weighted by Crippen LogP contribution is 2.27. The molecule has 3 rings (SSSR count). The molecule has 0 radical (unpaired) electrons. The maximum absolute atomic E-state index is 13.0. The first-order valence-electron chi connectivity index (χ1n) is 8.62. The number of halogens is 2. The minimum absolute atomic E-state index is 0.0224. The predicted octanol–water partition coefficient (Wildman–Crippen LogP) is 3.87. The maximum atomic E-state index is 13.0. The second kappa shape index (κ2) is 8.27. The van der Waals surface area contributed by atoms with Gasteiger partial charge in [0.2, 0.25) is 0 Å². The number of carbonyl (C=O) groups excluding carboxylic acids is 1. The molecule has 1 saturated heterocycles. The maximum Gasteiger partial charge on any atom is 0.254 e. The average Bonchev–Trinajstić information content (AvgIpc) is 2.63. The van der Waals surface area contributed by atoms with Crippen LogP contribution >= 0.6 is 23.2 Å². The molecule has 144 valence electrons. The molecular formula is C19H21Cl2N3O2S. The molecule has 2 aromatic rings. The van der Waals surface area contributed by atoms with E-state index in [1.165, 1.54) is 0 Å². The van der Waals surface area contributed by atoms with Gasteiger partial charge in [-0.3, -0.25) is 4.79 Å². The fraction of sp³-hybridized carbons (Fsp3) is 0.368. The molecule has 1 aliphatic heterocycles. The van der Waals surface area contributed by atoms with Crippen molar-refractivity contribution in [3.63, 3.8) is 0 Å². The summed E-state index contributed by atoms with van der Waals surface area (Å²) >= 11 is 11.0. The number of nitrogens with zero attached hydrogens (tertiary/aromatic N) is 3. The Hall–Kier alpha value is -1.47. The lowest BCUT2D eigenvalue weighted by Crippen LogP contribution is -2.59. The third-order valence-electron chi connectivity index (χ3n) is 5.01. The molecule has 8 heteroatoms. The van der Waals surface area contributed by atoms with E-state index in [0.29, 0.717) is 33.7 Å². The van der Waals surface area contributed by atoms with Crippen molar-refractivity contribution < 1.29 is 9.35 Å². The number of anilines is 1. The van der Waals surface area contributed by atoms with Gasteiger partial charge >= 0.3 is 0 Å². The predicted molar refractivity (Wildman–Crippen MR) is 110 cm³/mol. The van der Waals surface area contributed by atoms with Crippen molar-refractivity contribution in [3.05, 3.63) is 52.1 Å². The van der Waals surface area contributed by atoms with Gasteiger partial charge in [-0.05, 0) is 55.4 Å². The Labute approximate surface area is 172 Å². The van der Waals surface area contributed by atoms with Crippen LogP contribution in [0.3, 0.4) is 0 Å². The zero-order valence-corrected chi connectivity index (χ0v) is 17.7. The van der Waals surface area contributed by atoms with Gasteiger partial charge in [0.15, 0.2) is 4.90 Å². The Bertz CT molecular complexity index is 849. The highest BCUT2D eigenvalue weighted by molar-refractivity contribution is 7.90. The number of benzene rings is 1. The van der Waals surface area contributed by atoms with Crippen LogP contribution in [0.25, 0.3) is 0 Å². The van der Waals surface area contributed by atoms with E-state index in [-0.39, 0.29) is 18.0 Å². The number of hydrogen-bond donors (Lipinski definition) is 0. The summed E-state index contributed by atoms with van der Waals surface area (Å²) in [4.78, 5) is 22.0. The van der Waals surface area contributed by atoms with Gasteiger partial charge in [-0.2, -0.15) is 0 Å². The number of piperazine rings is 1. The lowest BCUT2D eigenvalue weighted by molar-refractivity contribution is 0.0633. The number of pyridine rings is 1. The van der Waals surface area contributed by atoms with E-state index < -0.39 is 11.2 Å². The molecule has 5 nitrogen and oxygen atoms in total. The van der Waals surface area contributed by atoms with E-state index in [1.54, 1.807) is 30.5 Å². The lowest BCUT2D eigenvalue weighted by Gasteiger charge is -2.45. The molecule has 1 aromatic heterocycles. The summed E-state index contributed by atoms with van der Waals surface area (Å²) < 4.78 is 11.6. The number of rotatable bonds is 3. The second-order valence-corrected chi connectivity index (χ2v) is 8.73. The fourth-order valence-electron chi connectivity index (χ4n) is 3.34. The van der Waals surface area contributed by atoms with E-state index in [9.17, 15) is 9.35 Å². The second-order valence-electron chi connectivity index (χ2n) is 6.59. The quantitative estimate of drug-likeness (QED) is 0.553.